The number of nitrogens with one attached hydrogen (secondary N) is 1. The van der Waals surface area contributed by atoms with Crippen molar-refractivity contribution in [2.75, 3.05) is 31.6 Å². The quantitative estimate of drug-likeness (QED) is 0.925. The Labute approximate surface area is 127 Å². The molecule has 1 aromatic rings. The number of rotatable bonds is 4. The minimum Gasteiger partial charge on any atom is -0.345 e. The number of hydrogen-bond acceptors (Lipinski definition) is 5. The highest BCUT2D eigenvalue weighted by atomic mass is 32.1. The molecule has 0 bridgehead atoms. The van der Waals surface area contributed by atoms with Gasteiger partial charge in [-0.1, -0.05) is 6.92 Å². The van der Waals surface area contributed by atoms with Crippen LogP contribution in [0.1, 0.15) is 39.8 Å². The van der Waals surface area contributed by atoms with Crippen molar-refractivity contribution in [2.45, 2.75) is 52.2 Å². The number of nitrogens with zero attached hydrogens (tertiary/aromatic N) is 3. The molecule has 20 heavy (non-hydrogen) atoms. The van der Waals surface area contributed by atoms with Crippen LogP contribution in [0.15, 0.2) is 5.38 Å². The Morgan fingerprint density at radius 3 is 2.80 bits per heavy atom. The van der Waals surface area contributed by atoms with Crippen LogP contribution in [-0.4, -0.2) is 48.1 Å². The van der Waals surface area contributed by atoms with Crippen LogP contribution in [0.5, 0.6) is 0 Å². The number of hydrogen-bond donors (Lipinski definition) is 1. The van der Waals surface area contributed by atoms with E-state index < -0.39 is 0 Å². The molecule has 1 fully saturated rings. The summed E-state index contributed by atoms with van der Waals surface area (Å²) in [6, 6.07) is 0.656. The van der Waals surface area contributed by atoms with Gasteiger partial charge in [0.25, 0.3) is 0 Å². The first-order chi connectivity index (χ1) is 9.39. The normalized spacial score (nSPS) is 21.4. The molecular formula is C15H28N4S. The van der Waals surface area contributed by atoms with Crippen molar-refractivity contribution in [2.24, 2.45) is 0 Å². The van der Waals surface area contributed by atoms with E-state index in [1.807, 2.05) is 0 Å². The van der Waals surface area contributed by atoms with Gasteiger partial charge in [-0.15, -0.1) is 11.3 Å². The van der Waals surface area contributed by atoms with Gasteiger partial charge in [-0.05, 0) is 34.2 Å². The fourth-order valence-electron chi connectivity index (χ4n) is 2.44. The minimum atomic E-state index is 0.144. The summed E-state index contributed by atoms with van der Waals surface area (Å²) in [4.78, 5) is 9.70. The van der Waals surface area contributed by atoms with E-state index in [2.05, 4.69) is 55.2 Å². The zero-order valence-electron chi connectivity index (χ0n) is 13.4. The Morgan fingerprint density at radius 2 is 2.15 bits per heavy atom. The fourth-order valence-corrected chi connectivity index (χ4v) is 3.30. The van der Waals surface area contributed by atoms with Gasteiger partial charge in [0, 0.05) is 43.1 Å². The van der Waals surface area contributed by atoms with Crippen LogP contribution in [-0.2, 0) is 6.54 Å². The molecule has 0 saturated carbocycles. The maximum atomic E-state index is 4.79. The summed E-state index contributed by atoms with van der Waals surface area (Å²) < 4.78 is 0. The number of aromatic nitrogens is 1. The molecule has 2 rings (SSSR count). The van der Waals surface area contributed by atoms with Crippen molar-refractivity contribution in [1.29, 1.82) is 0 Å². The van der Waals surface area contributed by atoms with Crippen molar-refractivity contribution in [3.63, 3.8) is 0 Å². The van der Waals surface area contributed by atoms with Crippen molar-refractivity contribution >= 4 is 16.5 Å². The summed E-state index contributed by atoms with van der Waals surface area (Å²) in [5.41, 5.74) is 1.30. The van der Waals surface area contributed by atoms with Crippen LogP contribution < -0.4 is 10.2 Å². The second-order valence-corrected chi connectivity index (χ2v) is 7.55. The molecule has 5 heteroatoms. The summed E-state index contributed by atoms with van der Waals surface area (Å²) in [5, 5.41) is 6.87. The molecule has 1 unspecified atom stereocenters. The van der Waals surface area contributed by atoms with Crippen LogP contribution in [0, 0.1) is 0 Å². The molecule has 1 aliphatic rings. The lowest BCUT2D eigenvalue weighted by molar-refractivity contribution is 0.213. The summed E-state index contributed by atoms with van der Waals surface area (Å²) in [6.45, 7) is 13.0. The van der Waals surface area contributed by atoms with Crippen molar-refractivity contribution in [1.82, 2.24) is 15.2 Å². The molecular weight excluding hydrogens is 268 g/mol. The monoisotopic (exact) mass is 296 g/mol. The fraction of sp³-hybridized carbons (Fsp3) is 0.800. The van der Waals surface area contributed by atoms with Crippen LogP contribution in [0.4, 0.5) is 5.13 Å². The van der Waals surface area contributed by atoms with E-state index in [9.17, 15) is 0 Å². The predicted octanol–water partition coefficient (Wildman–Crippen LogP) is 2.56. The van der Waals surface area contributed by atoms with Gasteiger partial charge in [0.2, 0.25) is 0 Å². The Kier molecular flexibility index (Phi) is 5.04. The van der Waals surface area contributed by atoms with Gasteiger partial charge in [-0.25, -0.2) is 4.98 Å². The van der Waals surface area contributed by atoms with Gasteiger partial charge < -0.3 is 10.2 Å². The summed E-state index contributed by atoms with van der Waals surface area (Å²) in [6.07, 6.45) is 1.21. The predicted molar refractivity (Wildman–Crippen MR) is 87.6 cm³/mol. The lowest BCUT2D eigenvalue weighted by Crippen LogP contribution is -2.51. The third-order valence-electron chi connectivity index (χ3n) is 3.86. The van der Waals surface area contributed by atoms with Crippen molar-refractivity contribution in [3.8, 4) is 0 Å². The summed E-state index contributed by atoms with van der Waals surface area (Å²) >= 11 is 1.78. The molecule has 1 aromatic heterocycles. The average Bonchev–Trinajstić information content (AvgIpc) is 2.85. The number of thiazole rings is 1. The summed E-state index contributed by atoms with van der Waals surface area (Å²) in [5.74, 6) is 0. The van der Waals surface area contributed by atoms with E-state index in [4.69, 9.17) is 4.98 Å². The minimum absolute atomic E-state index is 0.144. The van der Waals surface area contributed by atoms with E-state index in [1.54, 1.807) is 11.3 Å². The zero-order valence-corrected chi connectivity index (χ0v) is 14.3. The van der Waals surface area contributed by atoms with Crippen LogP contribution >= 0.6 is 11.3 Å². The van der Waals surface area contributed by atoms with Crippen molar-refractivity contribution in [3.05, 3.63) is 11.1 Å². The highest BCUT2D eigenvalue weighted by Gasteiger charge is 2.24. The molecule has 1 atom stereocenters. The Balaban J connectivity index is 1.95. The topological polar surface area (TPSA) is 31.4 Å². The van der Waals surface area contributed by atoms with Gasteiger partial charge in [0.15, 0.2) is 5.13 Å². The lowest BCUT2D eigenvalue weighted by atomic mass is 10.1. The van der Waals surface area contributed by atoms with Crippen LogP contribution in [0.25, 0.3) is 0 Å². The lowest BCUT2D eigenvalue weighted by Gasteiger charge is -2.39. The van der Waals surface area contributed by atoms with E-state index in [0.717, 1.165) is 31.9 Å². The molecule has 0 amide bonds. The largest absolute Gasteiger partial charge is 0.345 e. The van der Waals surface area contributed by atoms with Crippen LogP contribution in [0.3, 0.4) is 0 Å². The Morgan fingerprint density at radius 1 is 1.40 bits per heavy atom. The van der Waals surface area contributed by atoms with E-state index in [-0.39, 0.29) is 5.54 Å². The van der Waals surface area contributed by atoms with Gasteiger partial charge in [0.05, 0.1) is 5.69 Å². The molecule has 0 aromatic carbocycles. The van der Waals surface area contributed by atoms with Gasteiger partial charge in [0.1, 0.15) is 0 Å². The van der Waals surface area contributed by atoms with Gasteiger partial charge in [-0.3, -0.25) is 4.90 Å². The van der Waals surface area contributed by atoms with Gasteiger partial charge >= 0.3 is 0 Å². The molecule has 1 aliphatic heterocycles. The second-order valence-electron chi connectivity index (χ2n) is 6.71. The third-order valence-corrected chi connectivity index (χ3v) is 4.81. The Bertz CT molecular complexity index is 424. The maximum Gasteiger partial charge on any atom is 0.185 e. The smallest absolute Gasteiger partial charge is 0.185 e. The van der Waals surface area contributed by atoms with E-state index in [1.165, 1.54) is 11.6 Å². The molecule has 114 valence electrons. The highest BCUT2D eigenvalue weighted by molar-refractivity contribution is 7.13. The van der Waals surface area contributed by atoms with Gasteiger partial charge in [-0.2, -0.15) is 0 Å². The standard InChI is InChI=1S/C15H28N4S/c1-6-13-10-19(8-7-18(13)5)14-17-12(11-20-14)9-16-15(2,3)4/h11,13,16H,6-10H2,1-5H3. The molecule has 2 heterocycles. The molecule has 0 radical (unpaired) electrons. The second kappa shape index (κ2) is 6.41. The third kappa shape index (κ3) is 4.17. The highest BCUT2D eigenvalue weighted by Crippen LogP contribution is 2.24. The van der Waals surface area contributed by atoms with Crippen molar-refractivity contribution < 1.29 is 0 Å². The first kappa shape index (κ1) is 15.7. The van der Waals surface area contributed by atoms with E-state index in [0.29, 0.717) is 6.04 Å². The molecule has 0 aliphatic carbocycles. The number of anilines is 1. The number of likely N-dealkylation sites (N-methyl/N-ethyl adjacent to an activating group) is 1. The molecule has 1 saturated heterocycles. The molecule has 4 nitrogen and oxygen atoms in total. The SMILES string of the molecule is CCC1CN(c2nc(CNC(C)(C)C)cs2)CCN1C. The molecule has 0 spiro atoms. The van der Waals surface area contributed by atoms with E-state index >= 15 is 0 Å². The van der Waals surface area contributed by atoms with Crippen LogP contribution in [0.2, 0.25) is 0 Å². The molecule has 1 N–H and O–H groups in total. The summed E-state index contributed by atoms with van der Waals surface area (Å²) in [7, 11) is 2.23. The average molecular weight is 296 g/mol. The number of piperazine rings is 1. The first-order valence-electron chi connectivity index (χ1n) is 7.53. The first-order valence-corrected chi connectivity index (χ1v) is 8.41. The maximum absolute atomic E-state index is 4.79. The Hall–Kier alpha value is -0.650. The zero-order chi connectivity index (χ0) is 14.8.